The largest absolute Gasteiger partial charge is 0.459 e. The zero-order chi connectivity index (χ0) is 23.5. The molecule has 3 saturated carbocycles. The van der Waals surface area contributed by atoms with Crippen LogP contribution >= 0.6 is 0 Å². The van der Waals surface area contributed by atoms with E-state index in [-0.39, 0.29) is 41.4 Å². The molecule has 4 N–H and O–H groups in total. The van der Waals surface area contributed by atoms with Crippen molar-refractivity contribution in [3.63, 3.8) is 0 Å². The SMILES string of the molecule is CC(=O)OC/C(=N\O)[C@@]1(O)CC[C@H]2C3C[C@H](C)C4=C/C(=N/O)C=CC4(C)[C@H]3C(O)CC21C. The highest BCUT2D eigenvalue weighted by molar-refractivity contribution is 6.05. The van der Waals surface area contributed by atoms with Gasteiger partial charge in [0.05, 0.1) is 6.10 Å². The summed E-state index contributed by atoms with van der Waals surface area (Å²) < 4.78 is 5.05. The molecule has 8 heteroatoms. The number of hydrogen-bond acceptors (Lipinski definition) is 8. The number of oxime groups is 2. The maximum atomic E-state index is 11.8. The summed E-state index contributed by atoms with van der Waals surface area (Å²) in [5.41, 5.74) is -0.834. The minimum absolute atomic E-state index is 0.0372. The van der Waals surface area contributed by atoms with Gasteiger partial charge in [0.15, 0.2) is 0 Å². The van der Waals surface area contributed by atoms with Gasteiger partial charge < -0.3 is 25.4 Å². The predicted octanol–water partition coefficient (Wildman–Crippen LogP) is 2.90. The summed E-state index contributed by atoms with van der Waals surface area (Å²) in [4.78, 5) is 11.3. The average Bonchev–Trinajstić information content (AvgIpc) is 2.99. The van der Waals surface area contributed by atoms with Gasteiger partial charge >= 0.3 is 5.97 Å². The van der Waals surface area contributed by atoms with Gasteiger partial charge in [-0.3, -0.25) is 4.79 Å². The normalized spacial score (nSPS) is 46.8. The number of allylic oxidation sites excluding steroid dienone is 4. The van der Waals surface area contributed by atoms with Crippen molar-refractivity contribution in [2.24, 2.45) is 44.8 Å². The number of aliphatic hydroxyl groups excluding tert-OH is 1. The van der Waals surface area contributed by atoms with E-state index in [0.717, 1.165) is 18.4 Å². The third-order valence-electron chi connectivity index (χ3n) is 9.11. The van der Waals surface area contributed by atoms with E-state index in [1.165, 1.54) is 6.92 Å². The summed E-state index contributed by atoms with van der Waals surface area (Å²) in [6, 6.07) is 0. The highest BCUT2D eigenvalue weighted by atomic mass is 16.5. The van der Waals surface area contributed by atoms with Gasteiger partial charge in [-0.1, -0.05) is 42.7 Å². The van der Waals surface area contributed by atoms with Crippen molar-refractivity contribution in [1.29, 1.82) is 0 Å². The van der Waals surface area contributed by atoms with Gasteiger partial charge in [-0.05, 0) is 55.6 Å². The van der Waals surface area contributed by atoms with Crippen LogP contribution < -0.4 is 0 Å². The van der Waals surface area contributed by atoms with Crippen LogP contribution in [-0.2, 0) is 9.53 Å². The highest BCUT2D eigenvalue weighted by Crippen LogP contribution is 2.67. The van der Waals surface area contributed by atoms with Crippen LogP contribution in [0.2, 0.25) is 0 Å². The molecular weight excluding hydrogens is 412 g/mol. The molecule has 0 spiro atoms. The Balaban J connectivity index is 1.72. The first kappa shape index (κ1) is 23.0. The van der Waals surface area contributed by atoms with Crippen molar-refractivity contribution < 1.29 is 30.2 Å². The van der Waals surface area contributed by atoms with Crippen LogP contribution in [0.5, 0.6) is 0 Å². The second-order valence-corrected chi connectivity index (χ2v) is 10.6. The predicted molar refractivity (Wildman–Crippen MR) is 118 cm³/mol. The molecule has 4 aliphatic carbocycles. The molecule has 0 saturated heterocycles. The topological polar surface area (TPSA) is 132 Å². The Morgan fingerprint density at radius 3 is 2.66 bits per heavy atom. The molecule has 4 rings (SSSR count). The standard InChI is InChI=1S/C24H34N2O6/c1-13-9-16-17-6-8-24(29,20(26-31)12-32-14(2)27)23(17,4)11-19(28)21(16)22(3)7-5-15(25-30)10-18(13)22/h5,7,10,13,16-17,19,21,28-31H,6,8-9,11-12H2,1-4H3/b25-15+,26-20+/t13-,16?,17-,19?,21+,22?,23?,24-/m0/s1. The molecule has 8 atom stereocenters. The molecule has 0 heterocycles. The summed E-state index contributed by atoms with van der Waals surface area (Å²) >= 11 is 0. The zero-order valence-corrected chi connectivity index (χ0v) is 19.2. The van der Waals surface area contributed by atoms with Gasteiger partial charge in [-0.15, -0.1) is 0 Å². The minimum atomic E-state index is -1.47. The number of fused-ring (bicyclic) bond motifs is 5. The van der Waals surface area contributed by atoms with Gasteiger partial charge in [0.25, 0.3) is 0 Å². The number of rotatable bonds is 3. The quantitative estimate of drug-likeness (QED) is 0.228. The van der Waals surface area contributed by atoms with Crippen molar-refractivity contribution >= 4 is 17.4 Å². The lowest BCUT2D eigenvalue weighted by Crippen LogP contribution is -2.62. The second-order valence-electron chi connectivity index (χ2n) is 10.6. The number of carbonyl (C=O) groups is 1. The van der Waals surface area contributed by atoms with E-state index in [1.54, 1.807) is 6.08 Å². The fourth-order valence-electron chi connectivity index (χ4n) is 7.70. The Hall–Kier alpha value is -2.19. The first-order chi connectivity index (χ1) is 15.0. The molecule has 0 radical (unpaired) electrons. The minimum Gasteiger partial charge on any atom is -0.459 e. The van der Waals surface area contributed by atoms with Crippen molar-refractivity contribution in [1.82, 2.24) is 0 Å². The fourth-order valence-corrected chi connectivity index (χ4v) is 7.70. The molecule has 0 aliphatic heterocycles. The molecule has 4 unspecified atom stereocenters. The maximum Gasteiger partial charge on any atom is 0.303 e. The Morgan fingerprint density at radius 2 is 2.03 bits per heavy atom. The van der Waals surface area contributed by atoms with Crippen molar-refractivity contribution in [2.75, 3.05) is 6.61 Å². The molecule has 0 bridgehead atoms. The third kappa shape index (κ3) is 3.06. The van der Waals surface area contributed by atoms with Crippen LogP contribution in [-0.4, -0.2) is 56.3 Å². The van der Waals surface area contributed by atoms with Crippen molar-refractivity contribution in [3.8, 4) is 0 Å². The van der Waals surface area contributed by atoms with Crippen LogP contribution in [0.4, 0.5) is 0 Å². The molecule has 0 amide bonds. The van der Waals surface area contributed by atoms with Gasteiger partial charge in [-0.25, -0.2) is 0 Å². The lowest BCUT2D eigenvalue weighted by atomic mass is 9.44. The Kier molecular flexibility index (Phi) is 5.53. The Bertz CT molecular complexity index is 925. The molecule has 4 aliphatic rings. The van der Waals surface area contributed by atoms with E-state index in [0.29, 0.717) is 18.6 Å². The number of carbonyl (C=O) groups excluding carboxylic acids is 1. The number of ether oxygens (including phenoxy) is 1. The highest BCUT2D eigenvalue weighted by Gasteiger charge is 2.68. The van der Waals surface area contributed by atoms with E-state index in [9.17, 15) is 25.4 Å². The molecule has 32 heavy (non-hydrogen) atoms. The summed E-state index contributed by atoms with van der Waals surface area (Å²) in [7, 11) is 0. The van der Waals surface area contributed by atoms with Crippen LogP contribution in [0.1, 0.15) is 53.4 Å². The smallest absolute Gasteiger partial charge is 0.303 e. The van der Waals surface area contributed by atoms with Crippen LogP contribution in [0.3, 0.4) is 0 Å². The Morgan fingerprint density at radius 1 is 1.31 bits per heavy atom. The van der Waals surface area contributed by atoms with E-state index in [1.807, 2.05) is 13.0 Å². The summed E-state index contributed by atoms with van der Waals surface area (Å²) in [6.07, 6.45) is 7.42. The van der Waals surface area contributed by atoms with Crippen molar-refractivity contribution in [2.45, 2.75) is 65.1 Å². The molecule has 0 aromatic carbocycles. The number of aliphatic hydroxyl groups is 2. The monoisotopic (exact) mass is 446 g/mol. The van der Waals surface area contributed by atoms with Crippen LogP contribution in [0, 0.1) is 34.5 Å². The van der Waals surface area contributed by atoms with E-state index < -0.39 is 23.1 Å². The van der Waals surface area contributed by atoms with Gasteiger partial charge in [0.1, 0.15) is 23.6 Å². The van der Waals surface area contributed by atoms with E-state index in [2.05, 4.69) is 30.2 Å². The number of hydrogen-bond donors (Lipinski definition) is 4. The maximum absolute atomic E-state index is 11.8. The lowest BCUT2D eigenvalue weighted by Gasteiger charge is -2.61. The molecule has 8 nitrogen and oxygen atoms in total. The zero-order valence-electron chi connectivity index (χ0n) is 19.2. The van der Waals surface area contributed by atoms with Crippen LogP contribution in [0.25, 0.3) is 0 Å². The third-order valence-corrected chi connectivity index (χ3v) is 9.11. The summed E-state index contributed by atoms with van der Waals surface area (Å²) in [6.45, 7) is 7.27. The van der Waals surface area contributed by atoms with Gasteiger partial charge in [-0.2, -0.15) is 0 Å². The van der Waals surface area contributed by atoms with Crippen molar-refractivity contribution in [3.05, 3.63) is 23.8 Å². The summed E-state index contributed by atoms with van der Waals surface area (Å²) in [5.74, 6) is -0.0672. The first-order valence-corrected chi connectivity index (χ1v) is 11.4. The van der Waals surface area contributed by atoms with Crippen LogP contribution in [0.15, 0.2) is 34.1 Å². The Labute approximate surface area is 188 Å². The molecular formula is C24H34N2O6. The second kappa shape index (κ2) is 7.70. The van der Waals surface area contributed by atoms with Gasteiger partial charge in [0.2, 0.25) is 0 Å². The number of nitrogens with zero attached hydrogens (tertiary/aromatic N) is 2. The number of esters is 1. The molecule has 0 aromatic rings. The molecule has 3 fully saturated rings. The van der Waals surface area contributed by atoms with Gasteiger partial charge in [0, 0.05) is 23.7 Å². The van der Waals surface area contributed by atoms with E-state index >= 15 is 0 Å². The average molecular weight is 447 g/mol. The first-order valence-electron chi connectivity index (χ1n) is 11.4. The molecule has 176 valence electrons. The molecule has 0 aromatic heterocycles. The lowest BCUT2D eigenvalue weighted by molar-refractivity contribution is -0.150. The summed E-state index contributed by atoms with van der Waals surface area (Å²) in [5, 5.41) is 48.9. The fraction of sp³-hybridized carbons (Fsp3) is 0.708. The van der Waals surface area contributed by atoms with E-state index in [4.69, 9.17) is 4.74 Å².